The predicted molar refractivity (Wildman–Crippen MR) is 88.6 cm³/mol. The van der Waals surface area contributed by atoms with Gasteiger partial charge in [0, 0.05) is 17.8 Å². The third kappa shape index (κ3) is 1.54. The number of hydrogen-bond donors (Lipinski definition) is 1. The van der Waals surface area contributed by atoms with Crippen molar-refractivity contribution in [1.29, 1.82) is 0 Å². The molecule has 2 heterocycles. The first-order valence-electron chi connectivity index (χ1n) is 9.77. The molecule has 2 bridgehead atoms. The van der Waals surface area contributed by atoms with Crippen LogP contribution in [-0.2, 0) is 23.9 Å². The lowest BCUT2D eigenvalue weighted by Gasteiger charge is -2.61. The first-order valence-corrected chi connectivity index (χ1v) is 9.77. The zero-order chi connectivity index (χ0) is 18.6. The van der Waals surface area contributed by atoms with Crippen LogP contribution >= 0.6 is 0 Å². The van der Waals surface area contributed by atoms with Crippen LogP contribution in [0.15, 0.2) is 0 Å². The fourth-order valence-electron chi connectivity index (χ4n) is 7.35. The molecule has 2 aliphatic heterocycles. The number of rotatable bonds is 0. The Bertz CT molecular complexity index is 728. The van der Waals surface area contributed by atoms with E-state index >= 15 is 0 Å². The predicted octanol–water partition coefficient (Wildman–Crippen LogP) is 1.48. The molecule has 0 unspecified atom stereocenters. The van der Waals surface area contributed by atoms with E-state index in [0.29, 0.717) is 12.8 Å². The standard InChI is InChI=1S/C20H26O6/c1-9-10-4-5-11-19(7-10,15(9)22)17(24)26-13-6-12(21)18(2,3)14-16(23)25-8-20(11,13)14/h9-14,21H,4-8H2,1-3H3/t9-,10-,11-,12+,13+,14-,19+,20-/m1/s1. The van der Waals surface area contributed by atoms with Crippen molar-refractivity contribution in [2.45, 2.75) is 58.7 Å². The highest BCUT2D eigenvalue weighted by atomic mass is 16.6. The summed E-state index contributed by atoms with van der Waals surface area (Å²) in [6, 6.07) is 0. The van der Waals surface area contributed by atoms with E-state index in [0.717, 1.165) is 12.8 Å². The van der Waals surface area contributed by atoms with Crippen LogP contribution in [0.2, 0.25) is 0 Å². The summed E-state index contributed by atoms with van der Waals surface area (Å²) in [4.78, 5) is 39.1. The molecule has 0 aromatic heterocycles. The van der Waals surface area contributed by atoms with Crippen LogP contribution in [0, 0.1) is 39.9 Å². The normalized spacial score (nSPS) is 54.1. The van der Waals surface area contributed by atoms with Gasteiger partial charge in [0.1, 0.15) is 18.1 Å². The van der Waals surface area contributed by atoms with Crippen LogP contribution in [0.25, 0.3) is 0 Å². The number of hydrogen-bond acceptors (Lipinski definition) is 6. The van der Waals surface area contributed by atoms with E-state index in [2.05, 4.69) is 0 Å². The molecule has 3 saturated carbocycles. The Kier molecular flexibility index (Phi) is 3.02. The lowest BCUT2D eigenvalue weighted by molar-refractivity contribution is -0.245. The van der Waals surface area contributed by atoms with Gasteiger partial charge < -0.3 is 14.6 Å². The van der Waals surface area contributed by atoms with Crippen molar-refractivity contribution in [3.63, 3.8) is 0 Å². The lowest BCUT2D eigenvalue weighted by atomic mass is 9.43. The van der Waals surface area contributed by atoms with E-state index in [1.807, 2.05) is 20.8 Å². The first kappa shape index (κ1) is 16.7. The van der Waals surface area contributed by atoms with Gasteiger partial charge in [-0.3, -0.25) is 14.4 Å². The molecule has 8 atom stereocenters. The first-order chi connectivity index (χ1) is 12.2. The summed E-state index contributed by atoms with van der Waals surface area (Å²) in [6.07, 6.45) is 1.15. The average Bonchev–Trinajstić information content (AvgIpc) is 3.03. The van der Waals surface area contributed by atoms with Crippen LogP contribution in [0.4, 0.5) is 0 Å². The van der Waals surface area contributed by atoms with Gasteiger partial charge >= 0.3 is 11.9 Å². The van der Waals surface area contributed by atoms with Gasteiger partial charge in [-0.05, 0) is 31.1 Å². The molecule has 6 heteroatoms. The van der Waals surface area contributed by atoms with Crippen molar-refractivity contribution in [1.82, 2.24) is 0 Å². The van der Waals surface area contributed by atoms with E-state index in [9.17, 15) is 19.5 Å². The van der Waals surface area contributed by atoms with Gasteiger partial charge in [-0.15, -0.1) is 0 Å². The Morgan fingerprint density at radius 1 is 1.15 bits per heavy atom. The number of cyclic esters (lactones) is 1. The van der Waals surface area contributed by atoms with Crippen LogP contribution in [0.1, 0.15) is 46.5 Å². The second kappa shape index (κ2) is 4.70. The second-order valence-corrected chi connectivity index (χ2v) is 9.84. The molecule has 0 radical (unpaired) electrons. The fraction of sp³-hybridized carbons (Fsp3) is 0.850. The molecule has 0 amide bonds. The van der Waals surface area contributed by atoms with Crippen LogP contribution in [0.3, 0.4) is 0 Å². The Hall–Kier alpha value is -1.43. The summed E-state index contributed by atoms with van der Waals surface area (Å²) < 4.78 is 11.4. The molecule has 1 N–H and O–H groups in total. The van der Waals surface area contributed by atoms with Crippen molar-refractivity contribution < 1.29 is 29.0 Å². The number of aliphatic hydroxyl groups is 1. The van der Waals surface area contributed by atoms with Gasteiger partial charge in [0.05, 0.1) is 17.4 Å². The van der Waals surface area contributed by atoms with E-state index < -0.39 is 40.3 Å². The Morgan fingerprint density at radius 3 is 2.62 bits per heavy atom. The summed E-state index contributed by atoms with van der Waals surface area (Å²) >= 11 is 0. The number of carbonyl (C=O) groups excluding carboxylic acids is 3. The summed E-state index contributed by atoms with van der Waals surface area (Å²) in [7, 11) is 0. The van der Waals surface area contributed by atoms with Crippen LogP contribution in [0.5, 0.6) is 0 Å². The number of ketones is 1. The van der Waals surface area contributed by atoms with Gasteiger partial charge in [-0.25, -0.2) is 0 Å². The molecule has 26 heavy (non-hydrogen) atoms. The topological polar surface area (TPSA) is 89.9 Å². The van der Waals surface area contributed by atoms with E-state index in [4.69, 9.17) is 9.47 Å². The molecule has 3 aliphatic carbocycles. The van der Waals surface area contributed by atoms with Crippen molar-refractivity contribution >= 4 is 17.7 Å². The zero-order valence-electron chi connectivity index (χ0n) is 15.5. The van der Waals surface area contributed by atoms with Gasteiger partial charge in [0.2, 0.25) is 0 Å². The largest absolute Gasteiger partial charge is 0.465 e. The Morgan fingerprint density at radius 2 is 1.88 bits per heavy atom. The summed E-state index contributed by atoms with van der Waals surface area (Å²) in [6.45, 7) is 5.88. The number of ether oxygens (including phenoxy) is 2. The van der Waals surface area contributed by atoms with Gasteiger partial charge in [0.25, 0.3) is 0 Å². The highest BCUT2D eigenvalue weighted by molar-refractivity contribution is 6.08. The lowest BCUT2D eigenvalue weighted by Crippen LogP contribution is -2.70. The maximum absolute atomic E-state index is 13.2. The molecule has 2 saturated heterocycles. The molecule has 0 aromatic rings. The molecule has 5 aliphatic rings. The average molecular weight is 362 g/mol. The molecule has 5 rings (SSSR count). The minimum Gasteiger partial charge on any atom is -0.465 e. The Balaban J connectivity index is 1.72. The van der Waals surface area contributed by atoms with Crippen molar-refractivity contribution in [2.75, 3.05) is 6.61 Å². The number of aliphatic hydroxyl groups excluding tert-OH is 1. The zero-order valence-corrected chi connectivity index (χ0v) is 15.5. The molecule has 6 nitrogen and oxygen atoms in total. The van der Waals surface area contributed by atoms with Gasteiger partial charge in [0.15, 0.2) is 5.78 Å². The quantitative estimate of drug-likeness (QED) is 0.519. The third-order valence-electron chi connectivity index (χ3n) is 8.71. The number of carbonyl (C=O) groups is 3. The molecule has 0 aromatic carbocycles. The van der Waals surface area contributed by atoms with Crippen molar-refractivity contribution in [3.8, 4) is 0 Å². The van der Waals surface area contributed by atoms with Gasteiger partial charge in [-0.2, -0.15) is 0 Å². The number of fused-ring (bicyclic) bond motifs is 1. The monoisotopic (exact) mass is 362 g/mol. The van der Waals surface area contributed by atoms with Crippen molar-refractivity contribution in [2.24, 2.45) is 39.9 Å². The third-order valence-corrected chi connectivity index (χ3v) is 8.71. The highest BCUT2D eigenvalue weighted by Crippen LogP contribution is 2.70. The SMILES string of the molecule is C[C@H]1C(=O)[C@]23C[C@H]1CC[C@H]2[C@@]12COC(=O)[C@@H]1C(C)(C)[C@@H](O)C[C@@H]2OC3=O. The van der Waals surface area contributed by atoms with Crippen LogP contribution in [-0.4, -0.2) is 41.6 Å². The summed E-state index contributed by atoms with van der Waals surface area (Å²) in [5.41, 5.74) is -2.50. The second-order valence-electron chi connectivity index (χ2n) is 9.84. The maximum atomic E-state index is 13.2. The van der Waals surface area contributed by atoms with Gasteiger partial charge in [-0.1, -0.05) is 20.8 Å². The molecular weight excluding hydrogens is 336 g/mol. The maximum Gasteiger partial charge on any atom is 0.320 e. The van der Waals surface area contributed by atoms with Crippen molar-refractivity contribution in [3.05, 3.63) is 0 Å². The fourth-order valence-corrected chi connectivity index (χ4v) is 7.35. The summed E-state index contributed by atoms with van der Waals surface area (Å²) in [5, 5.41) is 10.7. The van der Waals surface area contributed by atoms with E-state index in [1.165, 1.54) is 0 Å². The van der Waals surface area contributed by atoms with Crippen LogP contribution < -0.4 is 0 Å². The molecular formula is C20H26O6. The van der Waals surface area contributed by atoms with E-state index in [-0.39, 0.29) is 36.1 Å². The molecule has 2 spiro atoms. The Labute approximate surface area is 152 Å². The smallest absolute Gasteiger partial charge is 0.320 e. The van der Waals surface area contributed by atoms with E-state index in [1.54, 1.807) is 0 Å². The number of esters is 2. The minimum absolute atomic E-state index is 0.00940. The summed E-state index contributed by atoms with van der Waals surface area (Å²) in [5.74, 6) is -1.48. The molecule has 142 valence electrons. The highest BCUT2D eigenvalue weighted by Gasteiger charge is 2.79. The number of Topliss-reactive ketones (excluding diaryl/α,β-unsaturated/α-hetero) is 1. The minimum atomic E-state index is -1.12. The molecule has 5 fully saturated rings.